The lowest BCUT2D eigenvalue weighted by Crippen LogP contribution is -2.11. The molecule has 4 heteroatoms. The maximum atomic E-state index is 6.11. The Morgan fingerprint density at radius 1 is 1.15 bits per heavy atom. The number of hydrogen-bond acceptors (Lipinski definition) is 3. The molecule has 3 rings (SSSR count). The molecule has 0 amide bonds. The molecule has 0 aliphatic rings. The zero-order valence-electron chi connectivity index (χ0n) is 12.0. The maximum absolute atomic E-state index is 6.11. The van der Waals surface area contributed by atoms with Crippen LogP contribution in [-0.4, -0.2) is 16.6 Å². The normalized spacial score (nSPS) is 10.9. The van der Waals surface area contributed by atoms with Crippen molar-refractivity contribution in [3.05, 3.63) is 48.3 Å². The van der Waals surface area contributed by atoms with E-state index >= 15 is 0 Å². The van der Waals surface area contributed by atoms with E-state index in [2.05, 4.69) is 34.1 Å². The summed E-state index contributed by atoms with van der Waals surface area (Å²) in [5.41, 5.74) is 12.3. The average molecular weight is 266 g/mol. The lowest BCUT2D eigenvalue weighted by atomic mass is 10.1. The summed E-state index contributed by atoms with van der Waals surface area (Å²) in [5, 5.41) is 0. The second kappa shape index (κ2) is 4.56. The second-order valence-electron chi connectivity index (χ2n) is 5.15. The summed E-state index contributed by atoms with van der Waals surface area (Å²) < 4.78 is 2.01. The molecule has 4 nitrogen and oxygen atoms in total. The number of anilines is 3. The number of benzene rings is 2. The highest BCUT2D eigenvalue weighted by Gasteiger charge is 2.09. The smallest absolute Gasteiger partial charge is 0.0955 e. The summed E-state index contributed by atoms with van der Waals surface area (Å²) in [6.45, 7) is 2.04. The van der Waals surface area contributed by atoms with E-state index in [1.807, 2.05) is 44.0 Å². The molecule has 0 aliphatic carbocycles. The van der Waals surface area contributed by atoms with E-state index in [1.165, 1.54) is 5.56 Å². The highest BCUT2D eigenvalue weighted by Crippen LogP contribution is 2.31. The predicted molar refractivity (Wildman–Crippen MR) is 84.4 cm³/mol. The topological polar surface area (TPSA) is 47.1 Å². The number of nitrogens with two attached hydrogens (primary N) is 1. The highest BCUT2D eigenvalue weighted by molar-refractivity contribution is 5.83. The van der Waals surface area contributed by atoms with Gasteiger partial charge in [0.2, 0.25) is 0 Å². The SMILES string of the molecule is Cc1ccc(N(C)c2ccc3c(c2)ncn3C)c(N)c1. The van der Waals surface area contributed by atoms with E-state index in [9.17, 15) is 0 Å². The molecule has 0 unspecified atom stereocenters. The molecule has 102 valence electrons. The van der Waals surface area contributed by atoms with Gasteiger partial charge in [0.25, 0.3) is 0 Å². The first-order chi connectivity index (χ1) is 9.56. The van der Waals surface area contributed by atoms with Crippen molar-refractivity contribution in [2.45, 2.75) is 6.92 Å². The van der Waals surface area contributed by atoms with Crippen LogP contribution in [0.15, 0.2) is 42.7 Å². The predicted octanol–water partition coefficient (Wildman–Crippen LogP) is 3.23. The van der Waals surface area contributed by atoms with E-state index in [1.54, 1.807) is 0 Å². The van der Waals surface area contributed by atoms with Gasteiger partial charge in [-0.15, -0.1) is 0 Å². The minimum Gasteiger partial charge on any atom is -0.397 e. The Kier molecular flexibility index (Phi) is 2.86. The van der Waals surface area contributed by atoms with E-state index in [4.69, 9.17) is 5.73 Å². The van der Waals surface area contributed by atoms with E-state index < -0.39 is 0 Å². The van der Waals surface area contributed by atoms with Gasteiger partial charge >= 0.3 is 0 Å². The standard InChI is InChI=1S/C16H18N4/c1-11-4-6-15(13(17)8-11)20(3)12-5-7-16-14(9-12)18-10-19(16)2/h4-10H,17H2,1-3H3. The lowest BCUT2D eigenvalue weighted by molar-refractivity contribution is 0.947. The highest BCUT2D eigenvalue weighted by atomic mass is 15.1. The number of imidazole rings is 1. The molecule has 0 saturated carbocycles. The zero-order chi connectivity index (χ0) is 14.3. The van der Waals surface area contributed by atoms with E-state index in [0.29, 0.717) is 0 Å². The number of aromatic nitrogens is 2. The van der Waals surface area contributed by atoms with Gasteiger partial charge in [-0.3, -0.25) is 0 Å². The van der Waals surface area contributed by atoms with Crippen LogP contribution in [0.1, 0.15) is 5.56 Å². The molecule has 0 atom stereocenters. The number of fused-ring (bicyclic) bond motifs is 1. The van der Waals surface area contributed by atoms with E-state index in [0.717, 1.165) is 28.1 Å². The first kappa shape index (κ1) is 12.5. The van der Waals surface area contributed by atoms with Crippen molar-refractivity contribution in [1.29, 1.82) is 0 Å². The number of nitrogen functional groups attached to an aromatic ring is 1. The molecular formula is C16H18N4. The van der Waals surface area contributed by atoms with Crippen LogP contribution in [0.25, 0.3) is 11.0 Å². The summed E-state index contributed by atoms with van der Waals surface area (Å²) in [4.78, 5) is 6.48. The molecule has 20 heavy (non-hydrogen) atoms. The molecule has 0 aliphatic heterocycles. The van der Waals surface area contributed by atoms with Gasteiger partial charge in [-0.1, -0.05) is 6.07 Å². The van der Waals surface area contributed by atoms with Crippen molar-refractivity contribution in [3.63, 3.8) is 0 Å². The van der Waals surface area contributed by atoms with Gasteiger partial charge in [0.1, 0.15) is 0 Å². The fourth-order valence-corrected chi connectivity index (χ4v) is 2.45. The van der Waals surface area contributed by atoms with Crippen LogP contribution in [0.5, 0.6) is 0 Å². The minimum atomic E-state index is 0.786. The Hall–Kier alpha value is -2.49. The van der Waals surface area contributed by atoms with E-state index in [-0.39, 0.29) is 0 Å². The molecule has 0 fully saturated rings. The van der Waals surface area contributed by atoms with Crippen LogP contribution in [0.3, 0.4) is 0 Å². The molecule has 0 spiro atoms. The summed E-state index contributed by atoms with van der Waals surface area (Å²) >= 11 is 0. The minimum absolute atomic E-state index is 0.786. The molecule has 1 heterocycles. The Morgan fingerprint density at radius 2 is 1.95 bits per heavy atom. The third-order valence-electron chi connectivity index (χ3n) is 3.64. The van der Waals surface area contributed by atoms with Crippen LogP contribution >= 0.6 is 0 Å². The number of rotatable bonds is 2. The molecule has 3 aromatic rings. The average Bonchev–Trinajstić information content (AvgIpc) is 2.79. The van der Waals surface area contributed by atoms with Gasteiger partial charge in [0.05, 0.1) is 28.7 Å². The van der Waals surface area contributed by atoms with Crippen molar-refractivity contribution in [2.75, 3.05) is 17.7 Å². The first-order valence-electron chi connectivity index (χ1n) is 6.57. The fourth-order valence-electron chi connectivity index (χ4n) is 2.45. The quantitative estimate of drug-likeness (QED) is 0.724. The molecule has 0 bridgehead atoms. The van der Waals surface area contributed by atoms with Crippen molar-refractivity contribution >= 4 is 28.1 Å². The van der Waals surface area contributed by atoms with Crippen LogP contribution < -0.4 is 10.6 Å². The van der Waals surface area contributed by atoms with Gasteiger partial charge in [0.15, 0.2) is 0 Å². The van der Waals surface area contributed by atoms with Crippen LogP contribution in [0, 0.1) is 6.92 Å². The van der Waals surface area contributed by atoms with Gasteiger partial charge in [-0.2, -0.15) is 0 Å². The maximum Gasteiger partial charge on any atom is 0.0955 e. The summed E-state index contributed by atoms with van der Waals surface area (Å²) in [6.07, 6.45) is 1.83. The molecule has 2 aromatic carbocycles. The Morgan fingerprint density at radius 3 is 2.70 bits per heavy atom. The third-order valence-corrected chi connectivity index (χ3v) is 3.64. The van der Waals surface area contributed by atoms with Crippen molar-refractivity contribution in [1.82, 2.24) is 9.55 Å². The number of nitrogens with zero attached hydrogens (tertiary/aromatic N) is 3. The summed E-state index contributed by atoms with van der Waals surface area (Å²) in [6, 6.07) is 12.4. The van der Waals surface area contributed by atoms with Gasteiger partial charge in [-0.25, -0.2) is 4.98 Å². The molecule has 0 radical (unpaired) electrons. The van der Waals surface area contributed by atoms with Crippen molar-refractivity contribution < 1.29 is 0 Å². The Balaban J connectivity index is 2.05. The first-order valence-corrected chi connectivity index (χ1v) is 6.57. The second-order valence-corrected chi connectivity index (χ2v) is 5.15. The largest absolute Gasteiger partial charge is 0.397 e. The summed E-state index contributed by atoms with van der Waals surface area (Å²) in [5.74, 6) is 0. The van der Waals surface area contributed by atoms with Gasteiger partial charge in [-0.05, 0) is 42.8 Å². The van der Waals surface area contributed by atoms with Crippen LogP contribution in [0.4, 0.5) is 17.1 Å². The molecular weight excluding hydrogens is 248 g/mol. The number of hydrogen-bond donors (Lipinski definition) is 1. The number of aryl methyl sites for hydroxylation is 2. The summed E-state index contributed by atoms with van der Waals surface area (Å²) in [7, 11) is 4.02. The molecule has 0 saturated heterocycles. The molecule has 2 N–H and O–H groups in total. The van der Waals surface area contributed by atoms with Crippen LogP contribution in [0.2, 0.25) is 0 Å². The Labute approximate surface area is 118 Å². The third kappa shape index (κ3) is 1.99. The van der Waals surface area contributed by atoms with Crippen LogP contribution in [-0.2, 0) is 7.05 Å². The van der Waals surface area contributed by atoms with Crippen molar-refractivity contribution in [3.8, 4) is 0 Å². The Bertz CT molecular complexity index is 773. The zero-order valence-corrected chi connectivity index (χ0v) is 12.0. The van der Waals surface area contributed by atoms with Gasteiger partial charge in [0, 0.05) is 19.8 Å². The monoisotopic (exact) mass is 266 g/mol. The van der Waals surface area contributed by atoms with Gasteiger partial charge < -0.3 is 15.2 Å². The fraction of sp³-hybridized carbons (Fsp3) is 0.188. The van der Waals surface area contributed by atoms with Crippen molar-refractivity contribution in [2.24, 2.45) is 7.05 Å². The lowest BCUT2D eigenvalue weighted by Gasteiger charge is -2.21. The molecule has 1 aromatic heterocycles.